The molecule has 3 radical (unpaired) electrons. The van der Waals surface area contributed by atoms with Crippen LogP contribution in [0.3, 0.4) is 0 Å². The number of halogens is 1. The van der Waals surface area contributed by atoms with E-state index in [0.29, 0.717) is 54.1 Å². The number of carbonyl (C=O) groups is 12. The summed E-state index contributed by atoms with van der Waals surface area (Å²) in [6.07, 6.45) is 13.1. The van der Waals surface area contributed by atoms with Crippen LogP contribution in [0.2, 0.25) is 0 Å². The van der Waals surface area contributed by atoms with Crippen molar-refractivity contribution in [1.82, 2.24) is 106 Å². The first-order chi connectivity index (χ1) is 55.2. The van der Waals surface area contributed by atoms with Gasteiger partial charge in [-0.1, -0.05) is 20.9 Å². The number of piperazine rings is 3. The van der Waals surface area contributed by atoms with Crippen molar-refractivity contribution in [1.29, 1.82) is 0 Å². The Morgan fingerprint density at radius 1 is 0.437 bits per heavy atom. The number of benzene rings is 4. The maximum Gasteiger partial charge on any atom is 1.00 e. The number of carbonyl (C=O) groups excluding carboxylic acids is 9. The van der Waals surface area contributed by atoms with Crippen LogP contribution in [0.25, 0.3) is 22.7 Å². The van der Waals surface area contributed by atoms with Gasteiger partial charge in [0.2, 0.25) is 11.8 Å². The Kier molecular flexibility index (Phi) is 48.6. The first-order valence-electron chi connectivity index (χ1n) is 36.1. The van der Waals surface area contributed by atoms with E-state index in [1.807, 2.05) is 14.1 Å². The van der Waals surface area contributed by atoms with E-state index in [9.17, 15) is 57.5 Å². The second-order valence-corrected chi connectivity index (χ2v) is 26.1. The number of carboxylic acids is 3. The Labute approximate surface area is 728 Å². The van der Waals surface area contributed by atoms with Crippen molar-refractivity contribution in [3.05, 3.63) is 169 Å². The number of aromatic nitrogens is 12. The van der Waals surface area contributed by atoms with E-state index in [2.05, 4.69) is 98.5 Å². The summed E-state index contributed by atoms with van der Waals surface area (Å²) in [7, 11) is 9.90. The van der Waals surface area contributed by atoms with E-state index in [-0.39, 0.29) is 133 Å². The summed E-state index contributed by atoms with van der Waals surface area (Å²) in [5, 5.41) is 67.4. The summed E-state index contributed by atoms with van der Waals surface area (Å²) in [6.45, 7) is 10.1. The van der Waals surface area contributed by atoms with Gasteiger partial charge in [-0.15, -0.1) is 20.4 Å². The number of hydrogen-bond acceptors (Lipinski definition) is 29. The zero-order valence-electron chi connectivity index (χ0n) is 68.4. The molecule has 10 N–H and O–H groups in total. The smallest absolute Gasteiger partial charge is 1.00 e. The van der Waals surface area contributed by atoms with Gasteiger partial charge in [0.1, 0.15) is 24.2 Å². The zero-order chi connectivity index (χ0) is 83.8. The van der Waals surface area contributed by atoms with Crippen molar-refractivity contribution >= 4 is 90.6 Å². The predicted molar refractivity (Wildman–Crippen MR) is 421 cm³/mol. The van der Waals surface area contributed by atoms with Crippen molar-refractivity contribution in [3.63, 3.8) is 0 Å². The molecule has 3 aliphatic rings. The number of ether oxygens (including phenoxy) is 3. The zero-order valence-corrected chi connectivity index (χ0v) is 70.1. The van der Waals surface area contributed by atoms with Gasteiger partial charge in [0.15, 0.2) is 0 Å². The molecule has 0 aliphatic carbocycles. The molecule has 45 heteroatoms. The topological polar surface area (TPSA) is 536 Å². The number of likely N-dealkylation sites (N-methyl/N-ethyl adjacent to an activating group) is 3. The van der Waals surface area contributed by atoms with E-state index in [4.69, 9.17) is 32.7 Å². The van der Waals surface area contributed by atoms with Gasteiger partial charge in [0.25, 0.3) is 23.0 Å². The number of nitrogens with two attached hydrogens (primary N) is 1. The number of nitrogens with zero attached hydrogens (tertiary/aromatic N) is 17. The van der Waals surface area contributed by atoms with Crippen molar-refractivity contribution in [2.75, 3.05) is 121 Å². The normalized spacial score (nSPS) is 13.8. The molecule has 3 saturated heterocycles. The maximum atomic E-state index is 13.0. The Morgan fingerprint density at radius 3 is 0.966 bits per heavy atom. The molecule has 5 amide bonds. The first-order valence-corrected chi connectivity index (χ1v) is 36.5. The van der Waals surface area contributed by atoms with Crippen molar-refractivity contribution in [2.24, 2.45) is 5.73 Å². The van der Waals surface area contributed by atoms with Crippen LogP contribution >= 0.6 is 11.6 Å². The molecule has 3 fully saturated rings. The molecule has 4 aromatic heterocycles. The van der Waals surface area contributed by atoms with Crippen LogP contribution in [-0.4, -0.2) is 329 Å². The van der Waals surface area contributed by atoms with Gasteiger partial charge >= 0.3 is 84.2 Å². The monoisotopic (exact) mass is 1670 g/mol. The van der Waals surface area contributed by atoms with Crippen molar-refractivity contribution in [2.45, 2.75) is 75.5 Å². The summed E-state index contributed by atoms with van der Waals surface area (Å²) in [5.41, 5.74) is 9.72. The number of aliphatic carboxylic acids is 3. The molecule has 7 heterocycles. The van der Waals surface area contributed by atoms with E-state index in [1.54, 1.807) is 164 Å². The van der Waals surface area contributed by atoms with Gasteiger partial charge in [0, 0.05) is 135 Å². The molecule has 119 heavy (non-hydrogen) atoms. The second kappa shape index (κ2) is 55.6. The standard InChI is InChI=1S/C20H26N6O4.C19H24N6O4.C15H16N4O5.C9H6ClN3O.C6H11NO4.C5H12N2.B.Li.Na.H2O.H/c1-24-11-13-25(14-12-24)20(29)17(7-8-18(27)30-2)22-19(28)15-3-5-16(6-4-15)26-10-9-21-23-26;1-23-10-12-24(13-11-23)19(29)16(6-7-17(26)27)21-18(28)14-2-4-15(5-3-14)25-9-8-20-22-25;1-24-13(20)7-6-12(15(22)23)17-14(21)10-2-4-11(5-3-10)19-9-8-16-18-19;10-9(14)7-1-3-8(4-2-7)13-6-5-11-12-13;1-11-5(8)3-2-4(7)6(9)10;1-7-4-2-6-3-5-7;;;;;/h3-6,9-10,17H,7-8,11-14H2,1-2H3,(H,22,28);2-5,8-9,16H,6-7,10-13H2,1H3,(H,21,28)(H,26,27);2-5,8-9,12H,6-7H2,1H3,(H,17,21)(H,22,23);1-6H;4H,2-3,7H2,1H3,(H,9,10);6H,2-5H2,1H3;;;;1H2;/q;;;;;;;2*+1;;-1/p-1/t17-;16-;12-;;4-;;;;;;/m000.0....../s1. The van der Waals surface area contributed by atoms with Crippen LogP contribution in [0.1, 0.15) is 94.2 Å². The number of carboxylic acid groups (broad SMARTS) is 3. The average Bonchev–Trinajstić information content (AvgIpc) is 1.84. The minimum atomic E-state index is -1.22. The third-order valence-corrected chi connectivity index (χ3v) is 17.8. The summed E-state index contributed by atoms with van der Waals surface area (Å²) in [6, 6.07) is 22.9. The van der Waals surface area contributed by atoms with E-state index in [1.165, 1.54) is 45.3 Å². The summed E-state index contributed by atoms with van der Waals surface area (Å²) < 4.78 is 19.7. The molecule has 11 rings (SSSR count). The second-order valence-electron chi connectivity index (χ2n) is 25.8. The molecule has 3 aliphatic heterocycles. The quantitative estimate of drug-likeness (QED) is 0.0103. The molecule has 0 spiro atoms. The molecule has 0 saturated carbocycles. The Balaban J connectivity index is 0.000000751. The van der Waals surface area contributed by atoms with Gasteiger partial charge in [-0.2, -0.15) is 0 Å². The largest absolute Gasteiger partial charge is 1.00 e. The molecule has 629 valence electrons. The Morgan fingerprint density at radius 2 is 0.714 bits per heavy atom. The Bertz CT molecular complexity index is 4390. The maximum absolute atomic E-state index is 13.0. The van der Waals surface area contributed by atoms with E-state index >= 15 is 0 Å². The van der Waals surface area contributed by atoms with Crippen molar-refractivity contribution in [3.8, 4) is 22.7 Å². The van der Waals surface area contributed by atoms with E-state index < -0.39 is 77.0 Å². The van der Waals surface area contributed by atoms with Crippen LogP contribution in [0.15, 0.2) is 147 Å². The average molecular weight is 1670 g/mol. The first kappa shape index (κ1) is 104. The van der Waals surface area contributed by atoms with Gasteiger partial charge in [-0.05, 0) is 155 Å². The number of rotatable bonds is 27. The number of amides is 5. The fourth-order valence-corrected chi connectivity index (χ4v) is 10.8. The van der Waals surface area contributed by atoms with Gasteiger partial charge in [0.05, 0.1) is 93.7 Å². The molecule has 0 bridgehead atoms. The van der Waals surface area contributed by atoms with Crippen molar-refractivity contribution < 1.29 is 142 Å². The third-order valence-electron chi connectivity index (χ3n) is 17.6. The van der Waals surface area contributed by atoms with Gasteiger partial charge in [-0.25, -0.2) is 23.5 Å². The minimum absolute atomic E-state index is 0. The third kappa shape index (κ3) is 36.8. The predicted octanol–water partition coefficient (Wildman–Crippen LogP) is -5.42. The molecule has 4 aromatic carbocycles. The Hall–Kier alpha value is -11.0. The number of methoxy groups -OCH3 is 3. The molecule has 41 nitrogen and oxygen atoms in total. The van der Waals surface area contributed by atoms with E-state index in [0.717, 1.165) is 56.3 Å². The number of esters is 3. The summed E-state index contributed by atoms with van der Waals surface area (Å²) in [5.74, 6) is -6.49. The van der Waals surface area contributed by atoms with Crippen LogP contribution in [-0.2, 0) is 52.6 Å². The van der Waals surface area contributed by atoms with Crippen LogP contribution in [0.4, 0.5) is 0 Å². The van der Waals surface area contributed by atoms with Crippen LogP contribution in [0, 0.1) is 0 Å². The molecule has 8 aromatic rings. The SMILES string of the molecule is CN1CCN(C(=O)[C@H](CCC(=O)O)NC(=O)c2ccc(-n3ccnn3)cc2)CC1.CN1CCNCC1.COC(=O)CC[C@H](N)C(=O)O.COC(=O)CC[C@H](NC(=O)c1ccc(-n2ccnn2)cc1)C(=O)N1CCN(C)CC1.COC(=O)CC[C@H](NC(=O)c1ccc(-n2ccnn2)cc1)C(=O)O.O=C(Cl)c1ccc(-n2ccnn2)cc1.[B].[H-].[Li+].[Na+].[OH-]. The molecular weight excluding hydrogens is 1580 g/mol. The summed E-state index contributed by atoms with van der Waals surface area (Å²) in [4.78, 5) is 150. The fraction of sp³-hybridized carbons (Fsp3) is 0.405. The van der Waals surface area contributed by atoms with Gasteiger partial charge < -0.3 is 87.9 Å². The number of nitrogens with one attached hydrogen (secondary N) is 4. The van der Waals surface area contributed by atoms with Crippen LogP contribution in [0.5, 0.6) is 0 Å². The molecule has 4 atom stereocenters. The molecular formula is C74H97BClLiN22NaO19. The molecule has 0 unspecified atom stereocenters. The van der Waals surface area contributed by atoms with Gasteiger partial charge in [-0.3, -0.25) is 52.7 Å². The summed E-state index contributed by atoms with van der Waals surface area (Å²) >= 11 is 5.31. The minimum Gasteiger partial charge on any atom is -1.00 e. The fourth-order valence-electron chi connectivity index (χ4n) is 10.7. The van der Waals surface area contributed by atoms with Crippen LogP contribution < -0.4 is 75.4 Å². The number of hydrogen-bond donors (Lipinski definition) is 8.